The summed E-state index contributed by atoms with van der Waals surface area (Å²) < 4.78 is 26.9. The number of hydrogen-bond donors (Lipinski definition) is 1. The molecule has 3 rings (SSSR count). The SMILES string of the molecule is CCN(CC)S(=O)(=O)c1ccc(Cl)c(C(=O)NCCN2CCN(c3ccccc3)CC2)c1. The largest absolute Gasteiger partial charge is 0.369 e. The molecule has 1 saturated heterocycles. The lowest BCUT2D eigenvalue weighted by Crippen LogP contribution is -2.48. The van der Waals surface area contributed by atoms with E-state index in [1.165, 1.54) is 28.2 Å². The van der Waals surface area contributed by atoms with E-state index in [1.54, 1.807) is 13.8 Å². The van der Waals surface area contributed by atoms with Crippen molar-refractivity contribution in [3.8, 4) is 0 Å². The highest BCUT2D eigenvalue weighted by Gasteiger charge is 2.24. The van der Waals surface area contributed by atoms with Crippen molar-refractivity contribution >= 4 is 33.2 Å². The molecule has 0 radical (unpaired) electrons. The number of amides is 1. The second kappa shape index (κ2) is 11.1. The van der Waals surface area contributed by atoms with E-state index in [0.717, 1.165) is 32.7 Å². The van der Waals surface area contributed by atoms with Crippen molar-refractivity contribution in [3.05, 3.63) is 59.1 Å². The minimum atomic E-state index is -3.66. The van der Waals surface area contributed by atoms with Gasteiger partial charge in [0, 0.05) is 58.0 Å². The van der Waals surface area contributed by atoms with Gasteiger partial charge in [-0.1, -0.05) is 43.6 Å². The average Bonchev–Trinajstić information content (AvgIpc) is 2.81. The van der Waals surface area contributed by atoms with Crippen LogP contribution in [0.5, 0.6) is 0 Å². The lowest BCUT2D eigenvalue weighted by Gasteiger charge is -2.36. The summed E-state index contributed by atoms with van der Waals surface area (Å²) in [5.74, 6) is -0.366. The second-order valence-electron chi connectivity index (χ2n) is 7.65. The molecule has 0 atom stereocenters. The Kier molecular flexibility index (Phi) is 8.53. The molecule has 0 aromatic heterocycles. The van der Waals surface area contributed by atoms with Crippen LogP contribution in [0.1, 0.15) is 24.2 Å². The lowest BCUT2D eigenvalue weighted by atomic mass is 10.2. The predicted molar refractivity (Wildman–Crippen MR) is 129 cm³/mol. The van der Waals surface area contributed by atoms with E-state index in [1.807, 2.05) is 18.2 Å². The Bertz CT molecular complexity index is 1010. The maximum Gasteiger partial charge on any atom is 0.252 e. The molecule has 9 heteroatoms. The van der Waals surface area contributed by atoms with Crippen LogP contribution in [0, 0.1) is 0 Å². The third-order valence-corrected chi connectivity index (χ3v) is 8.11. The average molecular weight is 479 g/mol. The topological polar surface area (TPSA) is 73.0 Å². The molecular formula is C23H31ClN4O3S. The highest BCUT2D eigenvalue weighted by atomic mass is 35.5. The fourth-order valence-corrected chi connectivity index (χ4v) is 5.53. The fraction of sp³-hybridized carbons (Fsp3) is 0.435. The summed E-state index contributed by atoms with van der Waals surface area (Å²) in [7, 11) is -3.66. The summed E-state index contributed by atoms with van der Waals surface area (Å²) in [5.41, 5.74) is 1.41. The number of nitrogens with one attached hydrogen (secondary N) is 1. The highest BCUT2D eigenvalue weighted by Crippen LogP contribution is 2.23. The minimum Gasteiger partial charge on any atom is -0.369 e. The molecule has 1 fully saturated rings. The number of sulfonamides is 1. The Morgan fingerprint density at radius 3 is 2.31 bits per heavy atom. The second-order valence-corrected chi connectivity index (χ2v) is 10.00. The van der Waals surface area contributed by atoms with Crippen LogP contribution < -0.4 is 10.2 Å². The number of piperazine rings is 1. The highest BCUT2D eigenvalue weighted by molar-refractivity contribution is 7.89. The predicted octanol–water partition coefficient (Wildman–Crippen LogP) is 2.92. The van der Waals surface area contributed by atoms with Crippen LogP contribution >= 0.6 is 11.6 Å². The Morgan fingerprint density at radius 1 is 1.03 bits per heavy atom. The molecule has 1 aliphatic heterocycles. The quantitative estimate of drug-likeness (QED) is 0.600. The zero-order chi connectivity index (χ0) is 23.1. The van der Waals surface area contributed by atoms with E-state index in [-0.39, 0.29) is 21.4 Å². The van der Waals surface area contributed by atoms with Crippen molar-refractivity contribution in [1.82, 2.24) is 14.5 Å². The number of para-hydroxylation sites is 1. The third kappa shape index (κ3) is 5.81. The normalized spacial score (nSPS) is 15.2. The van der Waals surface area contributed by atoms with Crippen LogP contribution in [0.3, 0.4) is 0 Å². The number of hydrogen-bond acceptors (Lipinski definition) is 5. The molecule has 7 nitrogen and oxygen atoms in total. The van der Waals surface area contributed by atoms with Gasteiger partial charge in [0.25, 0.3) is 5.91 Å². The summed E-state index contributed by atoms with van der Waals surface area (Å²) in [6.07, 6.45) is 0. The van der Waals surface area contributed by atoms with E-state index in [2.05, 4.69) is 27.2 Å². The van der Waals surface area contributed by atoms with Gasteiger partial charge in [-0.05, 0) is 30.3 Å². The molecule has 0 saturated carbocycles. The molecule has 0 bridgehead atoms. The molecule has 32 heavy (non-hydrogen) atoms. The first-order chi connectivity index (χ1) is 15.4. The van der Waals surface area contributed by atoms with Crippen LogP contribution in [-0.2, 0) is 10.0 Å². The summed E-state index contributed by atoms with van der Waals surface area (Å²) in [5, 5.41) is 3.11. The van der Waals surface area contributed by atoms with Crippen molar-refractivity contribution in [2.45, 2.75) is 18.7 Å². The summed E-state index contributed by atoms with van der Waals surface area (Å²) in [6, 6.07) is 14.6. The maximum absolute atomic E-state index is 12.8. The Morgan fingerprint density at radius 2 is 1.69 bits per heavy atom. The van der Waals surface area contributed by atoms with Crippen LogP contribution in [0.15, 0.2) is 53.4 Å². The Labute approximate surface area is 196 Å². The van der Waals surface area contributed by atoms with E-state index in [9.17, 15) is 13.2 Å². The zero-order valence-corrected chi connectivity index (χ0v) is 20.2. The number of nitrogens with zero attached hydrogens (tertiary/aromatic N) is 3. The van der Waals surface area contributed by atoms with Crippen LogP contribution in [0.25, 0.3) is 0 Å². The Balaban J connectivity index is 1.54. The molecule has 1 N–H and O–H groups in total. The molecule has 174 valence electrons. The lowest BCUT2D eigenvalue weighted by molar-refractivity contribution is 0.0947. The summed E-state index contributed by atoms with van der Waals surface area (Å²) >= 11 is 6.21. The molecule has 0 spiro atoms. The van der Waals surface area contributed by atoms with Crippen molar-refractivity contribution in [1.29, 1.82) is 0 Å². The number of halogens is 1. The van der Waals surface area contributed by atoms with Gasteiger partial charge in [-0.15, -0.1) is 0 Å². The molecule has 1 aliphatic rings. The smallest absolute Gasteiger partial charge is 0.252 e. The minimum absolute atomic E-state index is 0.0767. The number of benzene rings is 2. The molecular weight excluding hydrogens is 448 g/mol. The molecule has 1 heterocycles. The van der Waals surface area contributed by atoms with Gasteiger partial charge in [-0.2, -0.15) is 4.31 Å². The van der Waals surface area contributed by atoms with Gasteiger partial charge in [-0.25, -0.2) is 8.42 Å². The monoisotopic (exact) mass is 478 g/mol. The first kappa shape index (κ1) is 24.5. The Hall–Kier alpha value is -2.13. The van der Waals surface area contributed by atoms with Gasteiger partial charge in [0.05, 0.1) is 15.5 Å². The van der Waals surface area contributed by atoms with E-state index in [4.69, 9.17) is 11.6 Å². The van der Waals surface area contributed by atoms with Crippen molar-refractivity contribution in [2.24, 2.45) is 0 Å². The van der Waals surface area contributed by atoms with Crippen molar-refractivity contribution in [3.63, 3.8) is 0 Å². The molecule has 0 aliphatic carbocycles. The maximum atomic E-state index is 12.8. The number of anilines is 1. The summed E-state index contributed by atoms with van der Waals surface area (Å²) in [6.45, 7) is 9.20. The van der Waals surface area contributed by atoms with Gasteiger partial charge >= 0.3 is 0 Å². The van der Waals surface area contributed by atoms with Gasteiger partial charge in [0.2, 0.25) is 10.0 Å². The third-order valence-electron chi connectivity index (χ3n) is 5.73. The van der Waals surface area contributed by atoms with E-state index < -0.39 is 10.0 Å². The first-order valence-electron chi connectivity index (χ1n) is 11.0. The number of rotatable bonds is 9. The van der Waals surface area contributed by atoms with Crippen LogP contribution in [-0.4, -0.2) is 75.9 Å². The van der Waals surface area contributed by atoms with Crippen molar-refractivity contribution < 1.29 is 13.2 Å². The number of carbonyl (C=O) groups excluding carboxylic acids is 1. The fourth-order valence-electron chi connectivity index (χ4n) is 3.84. The van der Waals surface area contributed by atoms with Gasteiger partial charge in [0.1, 0.15) is 0 Å². The van der Waals surface area contributed by atoms with Crippen LogP contribution in [0.2, 0.25) is 5.02 Å². The number of carbonyl (C=O) groups is 1. The van der Waals surface area contributed by atoms with Crippen LogP contribution in [0.4, 0.5) is 5.69 Å². The standard InChI is InChI=1S/C23H31ClN4O3S/c1-3-28(4-2)32(30,31)20-10-11-22(24)21(18-20)23(29)25-12-13-26-14-16-27(17-15-26)19-8-6-5-7-9-19/h5-11,18H,3-4,12-17H2,1-2H3,(H,25,29). The molecule has 1 amide bonds. The van der Waals surface area contributed by atoms with E-state index >= 15 is 0 Å². The van der Waals surface area contributed by atoms with Gasteiger partial charge < -0.3 is 10.2 Å². The molecule has 2 aromatic rings. The summed E-state index contributed by atoms with van der Waals surface area (Å²) in [4.78, 5) is 17.4. The molecule has 0 unspecified atom stereocenters. The van der Waals surface area contributed by atoms with E-state index in [0.29, 0.717) is 19.6 Å². The van der Waals surface area contributed by atoms with Crippen molar-refractivity contribution in [2.75, 3.05) is 57.3 Å². The van der Waals surface area contributed by atoms with Gasteiger partial charge in [0.15, 0.2) is 0 Å². The zero-order valence-electron chi connectivity index (χ0n) is 18.6. The first-order valence-corrected chi connectivity index (χ1v) is 12.8. The van der Waals surface area contributed by atoms with Gasteiger partial charge in [-0.3, -0.25) is 9.69 Å². The molecule has 2 aromatic carbocycles.